The van der Waals surface area contributed by atoms with Crippen LogP contribution in [0.4, 0.5) is 0 Å². The van der Waals surface area contributed by atoms with Crippen molar-refractivity contribution >= 4 is 11.9 Å². The maximum Gasteiger partial charge on any atom is 0.306 e. The average Bonchev–Trinajstić information content (AvgIpc) is 2.97. The van der Waals surface area contributed by atoms with E-state index in [2.05, 4.69) is 50.3 Å². The first-order valence-corrected chi connectivity index (χ1v) is 18.0. The Hall–Kier alpha value is -1.84. The van der Waals surface area contributed by atoms with Gasteiger partial charge in [0.25, 0.3) is 0 Å². The van der Waals surface area contributed by atoms with Crippen molar-refractivity contribution in [3.63, 3.8) is 0 Å². The second-order valence-corrected chi connectivity index (χ2v) is 12.0. The highest BCUT2D eigenvalue weighted by molar-refractivity contribution is 5.69. The zero-order valence-electron chi connectivity index (χ0n) is 27.8. The van der Waals surface area contributed by atoms with Crippen molar-refractivity contribution in [2.24, 2.45) is 0 Å². The van der Waals surface area contributed by atoms with Crippen molar-refractivity contribution in [3.8, 4) is 0 Å². The van der Waals surface area contributed by atoms with Gasteiger partial charge >= 0.3 is 11.9 Å². The summed E-state index contributed by atoms with van der Waals surface area (Å²) < 4.78 is 5.95. The topological polar surface area (TPSA) is 63.6 Å². The van der Waals surface area contributed by atoms with E-state index in [1.54, 1.807) is 0 Å². The fraction of sp³-hybridized carbons (Fsp3) is 0.789. The highest BCUT2D eigenvalue weighted by atomic mass is 16.5. The smallest absolute Gasteiger partial charge is 0.306 e. The van der Waals surface area contributed by atoms with E-state index in [1.807, 2.05) is 0 Å². The van der Waals surface area contributed by atoms with Gasteiger partial charge in [-0.25, -0.2) is 0 Å². The van der Waals surface area contributed by atoms with Crippen LogP contribution in [0, 0.1) is 0 Å². The zero-order chi connectivity index (χ0) is 30.8. The molecule has 0 aromatic rings. The number of carbonyl (C=O) groups is 2. The van der Waals surface area contributed by atoms with Crippen LogP contribution in [0.3, 0.4) is 0 Å². The summed E-state index contributed by atoms with van der Waals surface area (Å²) >= 11 is 0. The molecule has 42 heavy (non-hydrogen) atoms. The van der Waals surface area contributed by atoms with Crippen molar-refractivity contribution in [2.75, 3.05) is 0 Å². The second kappa shape index (κ2) is 33.7. The predicted octanol–water partition coefficient (Wildman–Crippen LogP) is 12.2. The molecule has 4 heteroatoms. The summed E-state index contributed by atoms with van der Waals surface area (Å²) in [5, 5.41) is 8.79. The van der Waals surface area contributed by atoms with Gasteiger partial charge < -0.3 is 9.84 Å². The molecule has 0 fully saturated rings. The molecule has 0 aliphatic carbocycles. The van der Waals surface area contributed by atoms with Gasteiger partial charge in [-0.15, -0.1) is 0 Å². The van der Waals surface area contributed by atoms with E-state index in [-0.39, 0.29) is 18.5 Å². The normalized spacial score (nSPS) is 12.6. The van der Waals surface area contributed by atoms with Gasteiger partial charge in [-0.2, -0.15) is 0 Å². The SMILES string of the molecule is CCCC/C=C\CCCCCCCC(=O)OC(CCC/C=C\C/C=C\CCCCCCC)CCCCCCCC(=O)O. The first kappa shape index (κ1) is 40.2. The fourth-order valence-electron chi connectivity index (χ4n) is 5.14. The lowest BCUT2D eigenvalue weighted by molar-refractivity contribution is -0.150. The van der Waals surface area contributed by atoms with E-state index in [0.29, 0.717) is 6.42 Å². The maximum atomic E-state index is 12.6. The van der Waals surface area contributed by atoms with Crippen LogP contribution in [0.1, 0.15) is 187 Å². The summed E-state index contributed by atoms with van der Waals surface area (Å²) in [6, 6.07) is 0. The molecule has 0 amide bonds. The molecule has 0 radical (unpaired) electrons. The molecular weight excluding hydrogens is 520 g/mol. The van der Waals surface area contributed by atoms with Crippen molar-refractivity contribution in [3.05, 3.63) is 36.5 Å². The van der Waals surface area contributed by atoms with Crippen LogP contribution in [0.15, 0.2) is 36.5 Å². The Labute approximate surface area is 260 Å². The van der Waals surface area contributed by atoms with Gasteiger partial charge in [0, 0.05) is 12.8 Å². The van der Waals surface area contributed by atoms with Gasteiger partial charge in [-0.3, -0.25) is 9.59 Å². The number of hydrogen-bond acceptors (Lipinski definition) is 3. The molecule has 0 aromatic carbocycles. The number of carboxylic acids is 1. The monoisotopic (exact) mass is 589 g/mol. The van der Waals surface area contributed by atoms with Gasteiger partial charge in [-0.1, -0.05) is 127 Å². The molecule has 0 heterocycles. The van der Waals surface area contributed by atoms with E-state index in [9.17, 15) is 9.59 Å². The van der Waals surface area contributed by atoms with Crippen LogP contribution < -0.4 is 0 Å². The Morgan fingerprint density at radius 1 is 0.524 bits per heavy atom. The number of allylic oxidation sites excluding steroid dienone is 6. The van der Waals surface area contributed by atoms with Gasteiger partial charge in [0.05, 0.1) is 0 Å². The van der Waals surface area contributed by atoms with Gasteiger partial charge in [0.2, 0.25) is 0 Å². The highest BCUT2D eigenvalue weighted by Gasteiger charge is 2.14. The number of ether oxygens (including phenoxy) is 1. The van der Waals surface area contributed by atoms with Crippen LogP contribution >= 0.6 is 0 Å². The van der Waals surface area contributed by atoms with Gasteiger partial charge in [0.15, 0.2) is 0 Å². The van der Waals surface area contributed by atoms with Crippen LogP contribution in [-0.4, -0.2) is 23.1 Å². The standard InChI is InChI=1S/C38H68O4/c1-3-5-7-9-11-13-15-16-18-19-21-24-28-32-36(33-29-25-23-26-30-34-37(39)40)42-38(41)35-31-27-22-20-17-14-12-10-8-6-4-2/h10,12,15-16,19,21,36H,3-9,11,13-14,17-18,20,22-35H2,1-2H3,(H,39,40)/b12-10-,16-15-,21-19-. The molecule has 0 bridgehead atoms. The molecule has 0 saturated carbocycles. The summed E-state index contributed by atoms with van der Waals surface area (Å²) in [5.41, 5.74) is 0. The Kier molecular flexibility index (Phi) is 32.2. The molecule has 1 unspecified atom stereocenters. The summed E-state index contributed by atoms with van der Waals surface area (Å²) in [7, 11) is 0. The lowest BCUT2D eigenvalue weighted by Gasteiger charge is -2.18. The third kappa shape index (κ3) is 32.7. The Morgan fingerprint density at radius 3 is 1.60 bits per heavy atom. The van der Waals surface area contributed by atoms with Gasteiger partial charge in [0.1, 0.15) is 6.10 Å². The minimum absolute atomic E-state index is 0.0111. The minimum Gasteiger partial charge on any atom is -0.481 e. The quantitative estimate of drug-likeness (QED) is 0.0482. The molecule has 0 aliphatic heterocycles. The number of carboxylic acid groups (broad SMARTS) is 1. The van der Waals surface area contributed by atoms with E-state index in [0.717, 1.165) is 77.0 Å². The van der Waals surface area contributed by atoms with Crippen molar-refractivity contribution < 1.29 is 19.4 Å². The molecular formula is C38H68O4. The van der Waals surface area contributed by atoms with Crippen LogP contribution in [0.25, 0.3) is 0 Å². The summed E-state index contributed by atoms with van der Waals surface area (Å²) in [4.78, 5) is 23.3. The number of esters is 1. The predicted molar refractivity (Wildman–Crippen MR) is 181 cm³/mol. The minimum atomic E-state index is -0.709. The lowest BCUT2D eigenvalue weighted by atomic mass is 10.0. The third-order valence-electron chi connectivity index (χ3n) is 7.83. The maximum absolute atomic E-state index is 12.6. The zero-order valence-corrected chi connectivity index (χ0v) is 27.8. The van der Waals surface area contributed by atoms with Crippen LogP contribution in [0.5, 0.6) is 0 Å². The molecule has 4 nitrogen and oxygen atoms in total. The first-order chi connectivity index (χ1) is 20.6. The van der Waals surface area contributed by atoms with Crippen LogP contribution in [-0.2, 0) is 14.3 Å². The summed E-state index contributed by atoms with van der Waals surface area (Å²) in [6.07, 6.45) is 42.9. The van der Waals surface area contributed by atoms with E-state index >= 15 is 0 Å². The molecule has 0 rings (SSSR count). The third-order valence-corrected chi connectivity index (χ3v) is 7.83. The van der Waals surface area contributed by atoms with Crippen molar-refractivity contribution in [1.82, 2.24) is 0 Å². The Balaban J connectivity index is 4.18. The molecule has 0 aromatic heterocycles. The molecule has 0 aliphatic rings. The molecule has 0 saturated heterocycles. The second-order valence-electron chi connectivity index (χ2n) is 12.0. The van der Waals surface area contributed by atoms with Gasteiger partial charge in [-0.05, 0) is 83.5 Å². The highest BCUT2D eigenvalue weighted by Crippen LogP contribution is 2.17. The number of carbonyl (C=O) groups excluding carboxylic acids is 1. The van der Waals surface area contributed by atoms with Crippen LogP contribution in [0.2, 0.25) is 0 Å². The molecule has 244 valence electrons. The Morgan fingerprint density at radius 2 is 0.976 bits per heavy atom. The first-order valence-electron chi connectivity index (χ1n) is 18.0. The van der Waals surface area contributed by atoms with E-state index in [1.165, 1.54) is 83.5 Å². The Bertz CT molecular complexity index is 679. The van der Waals surface area contributed by atoms with E-state index < -0.39 is 5.97 Å². The molecule has 1 N–H and O–H groups in total. The van der Waals surface area contributed by atoms with Crippen molar-refractivity contribution in [2.45, 2.75) is 193 Å². The number of hydrogen-bond donors (Lipinski definition) is 1. The van der Waals surface area contributed by atoms with E-state index in [4.69, 9.17) is 9.84 Å². The fourth-order valence-corrected chi connectivity index (χ4v) is 5.14. The van der Waals surface area contributed by atoms with Crippen molar-refractivity contribution in [1.29, 1.82) is 0 Å². The number of rotatable bonds is 32. The molecule has 0 spiro atoms. The average molecular weight is 589 g/mol. The number of aliphatic carboxylic acids is 1. The summed E-state index contributed by atoms with van der Waals surface area (Å²) in [5.74, 6) is -0.740. The number of unbranched alkanes of at least 4 members (excludes halogenated alkanes) is 17. The summed E-state index contributed by atoms with van der Waals surface area (Å²) in [6.45, 7) is 4.49. The molecule has 1 atom stereocenters. The largest absolute Gasteiger partial charge is 0.481 e. The lowest BCUT2D eigenvalue weighted by Crippen LogP contribution is -2.18.